The minimum Gasteiger partial charge on any atom is -0.481 e. The van der Waals surface area contributed by atoms with Crippen molar-refractivity contribution >= 4 is 11.8 Å². The number of aromatic amines is 1. The Morgan fingerprint density at radius 1 is 1.62 bits per heavy atom. The first-order valence-electron chi connectivity index (χ1n) is 4.07. The molecule has 4 nitrogen and oxygen atoms in total. The van der Waals surface area contributed by atoms with E-state index in [2.05, 4.69) is 4.98 Å². The van der Waals surface area contributed by atoms with Crippen LogP contribution in [-0.4, -0.2) is 21.8 Å². The average molecular weight is 181 g/mol. The average Bonchev–Trinajstić information content (AvgIpc) is 2.56. The summed E-state index contributed by atoms with van der Waals surface area (Å²) < 4.78 is 0. The van der Waals surface area contributed by atoms with E-state index in [9.17, 15) is 9.59 Å². The Balaban J connectivity index is 2.83. The third-order valence-corrected chi connectivity index (χ3v) is 1.89. The maximum atomic E-state index is 11.5. The molecule has 1 atom stereocenters. The molecule has 0 spiro atoms. The maximum absolute atomic E-state index is 11.5. The number of hydrogen-bond acceptors (Lipinski definition) is 2. The van der Waals surface area contributed by atoms with Crippen molar-refractivity contribution in [3.05, 3.63) is 24.0 Å². The molecule has 2 N–H and O–H groups in total. The van der Waals surface area contributed by atoms with E-state index < -0.39 is 11.9 Å². The Hall–Kier alpha value is -1.58. The number of ketones is 1. The number of H-pyrrole nitrogens is 1. The van der Waals surface area contributed by atoms with Gasteiger partial charge in [0.2, 0.25) is 0 Å². The van der Waals surface area contributed by atoms with Crippen LogP contribution in [-0.2, 0) is 4.79 Å². The summed E-state index contributed by atoms with van der Waals surface area (Å²) in [6.45, 7) is 1.68. The Morgan fingerprint density at radius 3 is 2.69 bits per heavy atom. The number of aromatic nitrogens is 1. The monoisotopic (exact) mass is 181 g/mol. The fourth-order valence-electron chi connectivity index (χ4n) is 1.14. The maximum Gasteiger partial charge on any atom is 0.314 e. The second-order valence-corrected chi connectivity index (χ2v) is 2.75. The van der Waals surface area contributed by atoms with E-state index in [4.69, 9.17) is 5.11 Å². The van der Waals surface area contributed by atoms with Gasteiger partial charge in [0.1, 0.15) is 5.92 Å². The van der Waals surface area contributed by atoms with E-state index in [1.165, 1.54) is 0 Å². The van der Waals surface area contributed by atoms with Crippen molar-refractivity contribution < 1.29 is 14.7 Å². The smallest absolute Gasteiger partial charge is 0.314 e. The van der Waals surface area contributed by atoms with Gasteiger partial charge in [-0.3, -0.25) is 9.59 Å². The van der Waals surface area contributed by atoms with Crippen molar-refractivity contribution in [3.63, 3.8) is 0 Å². The Morgan fingerprint density at radius 2 is 2.31 bits per heavy atom. The molecule has 0 saturated carbocycles. The van der Waals surface area contributed by atoms with Gasteiger partial charge in [-0.05, 0) is 18.6 Å². The lowest BCUT2D eigenvalue weighted by Crippen LogP contribution is -2.23. The van der Waals surface area contributed by atoms with Crippen molar-refractivity contribution in [1.82, 2.24) is 4.98 Å². The standard InChI is InChI=1S/C9H11NO3/c1-2-6(9(12)13)8(11)7-4-3-5-10-7/h3-6,10H,2H2,1H3,(H,12,13). The van der Waals surface area contributed by atoms with Gasteiger partial charge >= 0.3 is 5.97 Å². The summed E-state index contributed by atoms with van der Waals surface area (Å²) in [7, 11) is 0. The van der Waals surface area contributed by atoms with Gasteiger partial charge in [0, 0.05) is 6.20 Å². The Kier molecular flexibility index (Phi) is 2.84. The number of Topliss-reactive ketones (excluding diaryl/α,β-unsaturated/α-hetero) is 1. The van der Waals surface area contributed by atoms with Gasteiger partial charge in [0.05, 0.1) is 5.69 Å². The van der Waals surface area contributed by atoms with E-state index in [1.54, 1.807) is 25.3 Å². The Labute approximate surface area is 75.6 Å². The van der Waals surface area contributed by atoms with Gasteiger partial charge in [-0.25, -0.2) is 0 Å². The summed E-state index contributed by atoms with van der Waals surface area (Å²) in [5.74, 6) is -2.36. The molecule has 0 amide bonds. The molecule has 1 rings (SSSR count). The molecule has 1 aromatic heterocycles. The topological polar surface area (TPSA) is 70.2 Å². The molecule has 0 bridgehead atoms. The molecule has 1 aromatic rings. The predicted molar refractivity (Wildman–Crippen MR) is 46.5 cm³/mol. The van der Waals surface area contributed by atoms with Crippen LogP contribution in [0.2, 0.25) is 0 Å². The second-order valence-electron chi connectivity index (χ2n) is 2.75. The lowest BCUT2D eigenvalue weighted by molar-refractivity contribution is -0.140. The first-order valence-corrected chi connectivity index (χ1v) is 4.07. The summed E-state index contributed by atoms with van der Waals surface area (Å²) in [6.07, 6.45) is 1.91. The molecule has 0 aromatic carbocycles. The number of carboxylic acid groups (broad SMARTS) is 1. The third-order valence-electron chi connectivity index (χ3n) is 1.89. The van der Waals surface area contributed by atoms with Gasteiger partial charge in [-0.2, -0.15) is 0 Å². The molecule has 0 aliphatic carbocycles. The van der Waals surface area contributed by atoms with Crippen LogP contribution in [0.25, 0.3) is 0 Å². The zero-order valence-corrected chi connectivity index (χ0v) is 7.28. The van der Waals surface area contributed by atoms with Crippen LogP contribution in [0.1, 0.15) is 23.8 Å². The molecule has 4 heteroatoms. The van der Waals surface area contributed by atoms with E-state index in [0.29, 0.717) is 12.1 Å². The predicted octanol–water partition coefficient (Wildman–Crippen LogP) is 1.31. The summed E-state index contributed by atoms with van der Waals surface area (Å²) in [4.78, 5) is 24.8. The van der Waals surface area contributed by atoms with Gasteiger partial charge < -0.3 is 10.1 Å². The van der Waals surface area contributed by atoms with Crippen LogP contribution in [0.5, 0.6) is 0 Å². The highest BCUT2D eigenvalue weighted by Crippen LogP contribution is 2.10. The SMILES string of the molecule is CCC(C(=O)O)C(=O)c1ccc[nH]1. The fraction of sp³-hybridized carbons (Fsp3) is 0.333. The first-order chi connectivity index (χ1) is 6.16. The first kappa shape index (κ1) is 9.51. The van der Waals surface area contributed by atoms with Gasteiger partial charge in [-0.15, -0.1) is 0 Å². The fourth-order valence-corrected chi connectivity index (χ4v) is 1.14. The number of carboxylic acids is 1. The van der Waals surface area contributed by atoms with E-state index in [0.717, 1.165) is 0 Å². The van der Waals surface area contributed by atoms with Crippen molar-refractivity contribution in [1.29, 1.82) is 0 Å². The number of hydrogen-bond donors (Lipinski definition) is 2. The number of aliphatic carboxylic acids is 1. The highest BCUT2D eigenvalue weighted by Gasteiger charge is 2.25. The zero-order valence-electron chi connectivity index (χ0n) is 7.28. The van der Waals surface area contributed by atoms with Crippen molar-refractivity contribution in [2.45, 2.75) is 13.3 Å². The molecular formula is C9H11NO3. The minimum absolute atomic E-state index is 0.313. The molecule has 0 aliphatic rings. The van der Waals surface area contributed by atoms with Crippen molar-refractivity contribution in [3.8, 4) is 0 Å². The van der Waals surface area contributed by atoms with Crippen molar-refractivity contribution in [2.24, 2.45) is 5.92 Å². The molecule has 70 valence electrons. The largest absolute Gasteiger partial charge is 0.481 e. The van der Waals surface area contributed by atoms with Crippen LogP contribution in [0.4, 0.5) is 0 Å². The molecule has 0 aliphatic heterocycles. The summed E-state index contributed by atoms with van der Waals surface area (Å²) >= 11 is 0. The van der Waals surface area contributed by atoms with Crippen molar-refractivity contribution in [2.75, 3.05) is 0 Å². The summed E-state index contributed by atoms with van der Waals surface area (Å²) in [6, 6.07) is 3.25. The lowest BCUT2D eigenvalue weighted by atomic mass is 9.99. The number of carbonyl (C=O) groups is 2. The van der Waals surface area contributed by atoms with E-state index >= 15 is 0 Å². The zero-order chi connectivity index (χ0) is 9.84. The number of rotatable bonds is 4. The van der Waals surface area contributed by atoms with Gasteiger partial charge in [0.25, 0.3) is 0 Å². The van der Waals surface area contributed by atoms with Crippen LogP contribution >= 0.6 is 0 Å². The van der Waals surface area contributed by atoms with Crippen LogP contribution in [0.15, 0.2) is 18.3 Å². The molecule has 1 unspecified atom stereocenters. The van der Waals surface area contributed by atoms with E-state index in [1.807, 2.05) is 0 Å². The molecular weight excluding hydrogens is 170 g/mol. The number of nitrogens with one attached hydrogen (secondary N) is 1. The van der Waals surface area contributed by atoms with E-state index in [-0.39, 0.29) is 5.78 Å². The third kappa shape index (κ3) is 1.96. The molecule has 0 saturated heterocycles. The van der Waals surface area contributed by atoms with Crippen LogP contribution in [0.3, 0.4) is 0 Å². The molecule has 1 heterocycles. The molecule has 0 radical (unpaired) electrons. The minimum atomic E-state index is -1.07. The molecule has 13 heavy (non-hydrogen) atoms. The molecule has 0 fully saturated rings. The highest BCUT2D eigenvalue weighted by molar-refractivity contribution is 6.07. The van der Waals surface area contributed by atoms with Crippen LogP contribution in [0, 0.1) is 5.92 Å². The van der Waals surface area contributed by atoms with Gasteiger partial charge in [0.15, 0.2) is 5.78 Å². The second kappa shape index (κ2) is 3.89. The number of carbonyl (C=O) groups excluding carboxylic acids is 1. The quantitative estimate of drug-likeness (QED) is 0.543. The lowest BCUT2D eigenvalue weighted by Gasteiger charge is -2.05. The van der Waals surface area contributed by atoms with Crippen LogP contribution < -0.4 is 0 Å². The normalized spacial score (nSPS) is 12.4. The Bertz CT molecular complexity index is 303. The van der Waals surface area contributed by atoms with Gasteiger partial charge in [-0.1, -0.05) is 6.92 Å². The highest BCUT2D eigenvalue weighted by atomic mass is 16.4. The summed E-state index contributed by atoms with van der Waals surface area (Å²) in [5.41, 5.74) is 0.356. The summed E-state index contributed by atoms with van der Waals surface area (Å²) in [5, 5.41) is 8.71.